The second-order valence-corrected chi connectivity index (χ2v) is 6.11. The van der Waals surface area contributed by atoms with Crippen LogP contribution in [0.3, 0.4) is 0 Å². The van der Waals surface area contributed by atoms with Gasteiger partial charge in [0, 0.05) is 12.0 Å². The van der Waals surface area contributed by atoms with Gasteiger partial charge >= 0.3 is 0 Å². The van der Waals surface area contributed by atoms with Crippen LogP contribution in [0, 0.1) is 11.3 Å². The van der Waals surface area contributed by atoms with Crippen molar-refractivity contribution in [2.24, 2.45) is 0 Å². The minimum Gasteiger partial charge on any atom is -0.301 e. The third-order valence-corrected chi connectivity index (χ3v) is 4.30. The van der Waals surface area contributed by atoms with Gasteiger partial charge in [0.25, 0.3) is 0 Å². The Morgan fingerprint density at radius 3 is 2.54 bits per heavy atom. The molecule has 5 nitrogen and oxygen atoms in total. The van der Waals surface area contributed by atoms with Crippen molar-refractivity contribution in [3.63, 3.8) is 0 Å². The van der Waals surface area contributed by atoms with Gasteiger partial charge in [-0.05, 0) is 24.1 Å². The first-order chi connectivity index (χ1) is 11.7. The van der Waals surface area contributed by atoms with E-state index in [0.29, 0.717) is 23.5 Å². The van der Waals surface area contributed by atoms with Crippen LogP contribution in [0.15, 0.2) is 54.6 Å². The SMILES string of the molecule is N#Cc1ccc(CCC(=O)Nc2nnc(-c3ccccc3)s2)cc1. The molecule has 6 heteroatoms. The summed E-state index contributed by atoms with van der Waals surface area (Å²) in [5.74, 6) is -0.102. The average molecular weight is 334 g/mol. The number of benzene rings is 2. The van der Waals surface area contributed by atoms with Gasteiger partial charge in [0.05, 0.1) is 11.6 Å². The Bertz CT molecular complexity index is 866. The van der Waals surface area contributed by atoms with Crippen molar-refractivity contribution in [1.29, 1.82) is 5.26 Å². The van der Waals surface area contributed by atoms with Crippen molar-refractivity contribution >= 4 is 22.4 Å². The normalized spacial score (nSPS) is 10.1. The fourth-order valence-corrected chi connectivity index (χ4v) is 2.92. The molecule has 3 aromatic rings. The molecular weight excluding hydrogens is 320 g/mol. The van der Waals surface area contributed by atoms with Gasteiger partial charge in [-0.25, -0.2) is 0 Å². The Kier molecular flexibility index (Phi) is 4.94. The second-order valence-electron chi connectivity index (χ2n) is 5.14. The van der Waals surface area contributed by atoms with E-state index in [4.69, 9.17) is 5.26 Å². The van der Waals surface area contributed by atoms with E-state index in [9.17, 15) is 4.79 Å². The van der Waals surface area contributed by atoms with Gasteiger partial charge in [-0.1, -0.05) is 53.8 Å². The zero-order valence-electron chi connectivity index (χ0n) is 12.8. The smallest absolute Gasteiger partial charge is 0.226 e. The van der Waals surface area contributed by atoms with Gasteiger partial charge < -0.3 is 5.32 Å². The van der Waals surface area contributed by atoms with Crippen LogP contribution in [0.5, 0.6) is 0 Å². The molecule has 0 fully saturated rings. The van der Waals surface area contributed by atoms with Crippen molar-refractivity contribution in [3.05, 3.63) is 65.7 Å². The van der Waals surface area contributed by atoms with Gasteiger partial charge in [-0.15, -0.1) is 10.2 Å². The summed E-state index contributed by atoms with van der Waals surface area (Å²) in [6, 6.07) is 19.0. The Hall–Kier alpha value is -3.04. The monoisotopic (exact) mass is 334 g/mol. The molecule has 0 unspecified atom stereocenters. The van der Waals surface area contributed by atoms with Crippen LogP contribution in [0.4, 0.5) is 5.13 Å². The fraction of sp³-hybridized carbons (Fsp3) is 0.111. The number of carbonyl (C=O) groups is 1. The van der Waals surface area contributed by atoms with Gasteiger partial charge in [0.2, 0.25) is 11.0 Å². The highest BCUT2D eigenvalue weighted by Crippen LogP contribution is 2.25. The van der Waals surface area contributed by atoms with Gasteiger partial charge in [0.1, 0.15) is 5.01 Å². The van der Waals surface area contributed by atoms with E-state index >= 15 is 0 Å². The standard InChI is InChI=1S/C18H14N4OS/c19-12-14-8-6-13(7-9-14)10-11-16(23)20-18-22-21-17(24-18)15-4-2-1-3-5-15/h1-9H,10-11H2,(H,20,22,23). The molecular formula is C18H14N4OS. The van der Waals surface area contributed by atoms with Crippen LogP contribution < -0.4 is 5.32 Å². The number of aryl methyl sites for hydroxylation is 1. The van der Waals surface area contributed by atoms with E-state index in [1.165, 1.54) is 11.3 Å². The molecule has 1 N–H and O–H groups in total. The highest BCUT2D eigenvalue weighted by molar-refractivity contribution is 7.18. The van der Waals surface area contributed by atoms with Crippen LogP contribution in [0.25, 0.3) is 10.6 Å². The first kappa shape index (κ1) is 15.8. The highest BCUT2D eigenvalue weighted by atomic mass is 32.1. The van der Waals surface area contributed by atoms with Gasteiger partial charge in [-0.3, -0.25) is 4.79 Å². The summed E-state index contributed by atoms with van der Waals surface area (Å²) in [6.45, 7) is 0. The minimum atomic E-state index is -0.102. The lowest BCUT2D eigenvalue weighted by atomic mass is 10.1. The topological polar surface area (TPSA) is 78.7 Å². The number of rotatable bonds is 5. The Balaban J connectivity index is 1.55. The van der Waals surface area contributed by atoms with Crippen molar-refractivity contribution in [2.45, 2.75) is 12.8 Å². The fourth-order valence-electron chi connectivity index (χ4n) is 2.16. The lowest BCUT2D eigenvalue weighted by Crippen LogP contribution is -2.12. The maximum atomic E-state index is 12.0. The maximum Gasteiger partial charge on any atom is 0.226 e. The number of nitriles is 1. The molecule has 0 aliphatic heterocycles. The Labute approximate surface area is 143 Å². The molecule has 0 aliphatic rings. The molecule has 1 aromatic heterocycles. The summed E-state index contributed by atoms with van der Waals surface area (Å²) in [4.78, 5) is 12.0. The summed E-state index contributed by atoms with van der Waals surface area (Å²) in [5, 5.41) is 20.9. The quantitative estimate of drug-likeness (QED) is 0.772. The lowest BCUT2D eigenvalue weighted by Gasteiger charge is -2.02. The molecule has 118 valence electrons. The third-order valence-electron chi connectivity index (χ3n) is 3.42. The van der Waals surface area contributed by atoms with E-state index in [2.05, 4.69) is 21.6 Å². The van der Waals surface area contributed by atoms with E-state index in [1.54, 1.807) is 12.1 Å². The zero-order valence-corrected chi connectivity index (χ0v) is 13.6. The molecule has 0 spiro atoms. The van der Waals surface area contributed by atoms with Crippen molar-refractivity contribution < 1.29 is 4.79 Å². The number of hydrogen-bond donors (Lipinski definition) is 1. The van der Waals surface area contributed by atoms with E-state index < -0.39 is 0 Å². The summed E-state index contributed by atoms with van der Waals surface area (Å²) in [6.07, 6.45) is 0.966. The van der Waals surface area contributed by atoms with Crippen LogP contribution >= 0.6 is 11.3 Å². The predicted octanol–water partition coefficient (Wildman–Crippen LogP) is 3.65. The van der Waals surface area contributed by atoms with E-state index in [1.807, 2.05) is 42.5 Å². The van der Waals surface area contributed by atoms with Crippen molar-refractivity contribution in [3.8, 4) is 16.6 Å². The molecule has 1 heterocycles. The summed E-state index contributed by atoms with van der Waals surface area (Å²) < 4.78 is 0. The van der Waals surface area contributed by atoms with E-state index in [0.717, 1.165) is 16.1 Å². The largest absolute Gasteiger partial charge is 0.301 e. The molecule has 3 rings (SSSR count). The predicted molar refractivity (Wildman–Crippen MR) is 93.5 cm³/mol. The zero-order chi connectivity index (χ0) is 16.8. The molecule has 24 heavy (non-hydrogen) atoms. The first-order valence-corrected chi connectivity index (χ1v) is 8.24. The Morgan fingerprint density at radius 1 is 1.08 bits per heavy atom. The molecule has 0 saturated carbocycles. The number of hydrogen-bond acceptors (Lipinski definition) is 5. The average Bonchev–Trinajstić information content (AvgIpc) is 3.09. The molecule has 0 bridgehead atoms. The van der Waals surface area contributed by atoms with Crippen molar-refractivity contribution in [2.75, 3.05) is 5.32 Å². The van der Waals surface area contributed by atoms with E-state index in [-0.39, 0.29) is 5.91 Å². The van der Waals surface area contributed by atoms with Crippen LogP contribution in [0.1, 0.15) is 17.5 Å². The van der Waals surface area contributed by atoms with Crippen LogP contribution in [-0.2, 0) is 11.2 Å². The maximum absolute atomic E-state index is 12.0. The second kappa shape index (κ2) is 7.49. The van der Waals surface area contributed by atoms with Gasteiger partial charge in [-0.2, -0.15) is 5.26 Å². The molecule has 0 atom stereocenters. The molecule has 0 radical (unpaired) electrons. The molecule has 0 aliphatic carbocycles. The molecule has 2 aromatic carbocycles. The highest BCUT2D eigenvalue weighted by Gasteiger charge is 2.09. The summed E-state index contributed by atoms with van der Waals surface area (Å²) >= 11 is 1.35. The number of nitrogens with one attached hydrogen (secondary N) is 1. The lowest BCUT2D eigenvalue weighted by molar-refractivity contribution is -0.116. The van der Waals surface area contributed by atoms with Crippen LogP contribution in [-0.4, -0.2) is 16.1 Å². The minimum absolute atomic E-state index is 0.102. The third kappa shape index (κ3) is 4.03. The summed E-state index contributed by atoms with van der Waals surface area (Å²) in [7, 11) is 0. The Morgan fingerprint density at radius 2 is 1.83 bits per heavy atom. The number of nitrogens with zero attached hydrogens (tertiary/aromatic N) is 3. The molecule has 1 amide bonds. The van der Waals surface area contributed by atoms with Crippen molar-refractivity contribution in [1.82, 2.24) is 10.2 Å². The number of aromatic nitrogens is 2. The van der Waals surface area contributed by atoms with Gasteiger partial charge in [0.15, 0.2) is 0 Å². The molecule has 0 saturated heterocycles. The van der Waals surface area contributed by atoms with Crippen LogP contribution in [0.2, 0.25) is 0 Å². The first-order valence-electron chi connectivity index (χ1n) is 7.42. The summed E-state index contributed by atoms with van der Waals surface area (Å²) in [5.41, 5.74) is 2.62. The number of carbonyl (C=O) groups excluding carboxylic acids is 1. The number of anilines is 1. The number of amides is 1.